The van der Waals surface area contributed by atoms with Gasteiger partial charge in [0.05, 0.1) is 17.2 Å². The van der Waals surface area contributed by atoms with Crippen LogP contribution in [0.2, 0.25) is 10.0 Å². The summed E-state index contributed by atoms with van der Waals surface area (Å²) in [5, 5.41) is -0.405. The highest BCUT2D eigenvalue weighted by molar-refractivity contribution is 6.37. The number of hydrogen-bond acceptors (Lipinski definition) is 4. The molecule has 0 radical (unpaired) electrons. The molecular weight excluding hydrogens is 357 g/mol. The molecule has 0 saturated carbocycles. The molecule has 0 atom stereocenters. The summed E-state index contributed by atoms with van der Waals surface area (Å²) in [4.78, 5) is 16.7. The molecule has 0 bridgehead atoms. The monoisotopic (exact) mass is 365 g/mol. The lowest BCUT2D eigenvalue weighted by molar-refractivity contribution is -0.0789. The van der Waals surface area contributed by atoms with Crippen LogP contribution in [0.4, 0.5) is 17.6 Å². The van der Waals surface area contributed by atoms with Crippen molar-refractivity contribution in [2.24, 2.45) is 0 Å². The number of benzene rings is 1. The molecule has 0 fully saturated rings. The van der Waals surface area contributed by atoms with E-state index < -0.39 is 46.2 Å². The van der Waals surface area contributed by atoms with E-state index in [1.54, 1.807) is 0 Å². The quantitative estimate of drug-likeness (QED) is 0.567. The first kappa shape index (κ1) is 18.6. The summed E-state index contributed by atoms with van der Waals surface area (Å²) in [5.41, 5.74) is -0.817. The van der Waals surface area contributed by atoms with Crippen molar-refractivity contribution in [2.45, 2.75) is 13.2 Å². The van der Waals surface area contributed by atoms with Crippen molar-refractivity contribution in [3.63, 3.8) is 0 Å². The van der Waals surface area contributed by atoms with Gasteiger partial charge in [0.25, 0.3) is 5.91 Å². The highest BCUT2D eigenvalue weighted by atomic mass is 35.5. The van der Waals surface area contributed by atoms with Gasteiger partial charge in [0.15, 0.2) is 11.5 Å². The summed E-state index contributed by atoms with van der Waals surface area (Å²) >= 11 is 11.4. The SMILES string of the molecule is CON(C)C(=O)c1c(OC(F)F)c(Cl)cc(Cl)c1OC(F)F. The molecule has 0 N–H and O–H groups in total. The standard InChI is InChI=1S/C11H9Cl2F4NO4/c1-18(20-2)9(19)6-7(21-10(14)15)4(12)3-5(13)8(6)22-11(16)17/h3,10-11H,1-2H3. The average molecular weight is 366 g/mol. The Bertz CT molecular complexity index is 525. The second kappa shape index (κ2) is 7.70. The second-order valence-electron chi connectivity index (χ2n) is 3.62. The van der Waals surface area contributed by atoms with Crippen molar-refractivity contribution >= 4 is 29.1 Å². The van der Waals surface area contributed by atoms with E-state index in [0.717, 1.165) is 20.2 Å². The molecule has 11 heteroatoms. The fourth-order valence-corrected chi connectivity index (χ4v) is 1.98. The smallest absolute Gasteiger partial charge is 0.387 e. The van der Waals surface area contributed by atoms with Crippen LogP contribution in [0.25, 0.3) is 0 Å². The summed E-state index contributed by atoms with van der Waals surface area (Å²) < 4.78 is 58.1. The Balaban J connectivity index is 3.57. The first-order valence-electron chi connectivity index (χ1n) is 5.42. The number of alkyl halides is 4. The van der Waals surface area contributed by atoms with Crippen LogP contribution in [0.15, 0.2) is 6.07 Å². The van der Waals surface area contributed by atoms with E-state index in [1.165, 1.54) is 0 Å². The van der Waals surface area contributed by atoms with E-state index in [1.807, 2.05) is 0 Å². The zero-order valence-electron chi connectivity index (χ0n) is 11.1. The number of hydrogen-bond donors (Lipinski definition) is 0. The molecule has 1 rings (SSSR count). The minimum Gasteiger partial charge on any atom is -0.432 e. The summed E-state index contributed by atoms with van der Waals surface area (Å²) in [6.07, 6.45) is 0. The van der Waals surface area contributed by atoms with Crippen molar-refractivity contribution in [3.05, 3.63) is 21.7 Å². The maximum absolute atomic E-state index is 12.5. The fourth-order valence-electron chi connectivity index (χ4n) is 1.43. The second-order valence-corrected chi connectivity index (χ2v) is 4.43. The Kier molecular flexibility index (Phi) is 6.51. The van der Waals surface area contributed by atoms with Crippen LogP contribution in [0.5, 0.6) is 11.5 Å². The van der Waals surface area contributed by atoms with Gasteiger partial charge in [-0.3, -0.25) is 9.63 Å². The molecule has 22 heavy (non-hydrogen) atoms. The Morgan fingerprint density at radius 2 is 1.50 bits per heavy atom. The molecular formula is C11H9Cl2F4NO4. The number of carbonyl (C=O) groups is 1. The van der Waals surface area contributed by atoms with Crippen LogP contribution in [-0.4, -0.2) is 38.4 Å². The van der Waals surface area contributed by atoms with Gasteiger partial charge in [-0.2, -0.15) is 17.6 Å². The van der Waals surface area contributed by atoms with Gasteiger partial charge in [0.2, 0.25) is 0 Å². The van der Waals surface area contributed by atoms with Crippen LogP contribution < -0.4 is 9.47 Å². The van der Waals surface area contributed by atoms with Crippen LogP contribution in [0.3, 0.4) is 0 Å². The lowest BCUT2D eigenvalue weighted by atomic mass is 10.1. The molecule has 0 aliphatic heterocycles. The minimum absolute atomic E-state index is 0.486. The van der Waals surface area contributed by atoms with Crippen molar-refractivity contribution in [1.82, 2.24) is 5.06 Å². The summed E-state index contributed by atoms with van der Waals surface area (Å²) in [5.74, 6) is -2.84. The van der Waals surface area contributed by atoms with Gasteiger partial charge >= 0.3 is 13.2 Å². The van der Waals surface area contributed by atoms with E-state index in [0.29, 0.717) is 5.06 Å². The summed E-state index contributed by atoms with van der Waals surface area (Å²) in [6.45, 7) is -6.73. The molecule has 0 aromatic heterocycles. The van der Waals surface area contributed by atoms with E-state index in [9.17, 15) is 22.4 Å². The zero-order valence-corrected chi connectivity index (χ0v) is 12.6. The largest absolute Gasteiger partial charge is 0.432 e. The number of ether oxygens (including phenoxy) is 2. The number of rotatable bonds is 6. The van der Waals surface area contributed by atoms with Gasteiger partial charge in [-0.25, -0.2) is 5.06 Å². The lowest BCUT2D eigenvalue weighted by Gasteiger charge is -2.20. The van der Waals surface area contributed by atoms with Crippen molar-refractivity contribution in [2.75, 3.05) is 14.2 Å². The van der Waals surface area contributed by atoms with Crippen molar-refractivity contribution < 1.29 is 36.7 Å². The topological polar surface area (TPSA) is 48.0 Å². The molecule has 0 heterocycles. The molecule has 0 unspecified atom stereocenters. The van der Waals surface area contributed by atoms with Gasteiger partial charge in [0, 0.05) is 7.05 Å². The maximum Gasteiger partial charge on any atom is 0.387 e. The molecule has 1 aromatic carbocycles. The lowest BCUT2D eigenvalue weighted by Crippen LogP contribution is -2.27. The Morgan fingerprint density at radius 1 is 1.09 bits per heavy atom. The van der Waals surface area contributed by atoms with Crippen molar-refractivity contribution in [3.8, 4) is 11.5 Å². The van der Waals surface area contributed by atoms with Gasteiger partial charge in [-0.1, -0.05) is 23.2 Å². The Hall–Kier alpha value is -1.45. The van der Waals surface area contributed by atoms with Gasteiger partial charge in [0.1, 0.15) is 5.56 Å². The maximum atomic E-state index is 12.5. The minimum atomic E-state index is -3.36. The average Bonchev–Trinajstić information content (AvgIpc) is 2.41. The summed E-state index contributed by atoms with van der Waals surface area (Å²) in [6, 6.07) is 0.835. The van der Waals surface area contributed by atoms with E-state index in [-0.39, 0.29) is 0 Å². The molecule has 0 saturated heterocycles. The van der Waals surface area contributed by atoms with Crippen LogP contribution in [-0.2, 0) is 4.84 Å². The first-order valence-corrected chi connectivity index (χ1v) is 6.18. The number of amides is 1. The molecule has 5 nitrogen and oxygen atoms in total. The molecule has 0 aliphatic rings. The van der Waals surface area contributed by atoms with Gasteiger partial charge in [-0.15, -0.1) is 0 Å². The summed E-state index contributed by atoms with van der Waals surface area (Å²) in [7, 11) is 2.20. The zero-order chi connectivity index (χ0) is 17.0. The molecule has 1 amide bonds. The predicted octanol–water partition coefficient (Wildman–Crippen LogP) is 3.83. The van der Waals surface area contributed by atoms with Crippen LogP contribution in [0, 0.1) is 0 Å². The number of carbonyl (C=O) groups excluding carboxylic acids is 1. The third-order valence-electron chi connectivity index (χ3n) is 2.33. The van der Waals surface area contributed by atoms with E-state index in [4.69, 9.17) is 23.2 Å². The van der Waals surface area contributed by atoms with Gasteiger partial charge < -0.3 is 9.47 Å². The predicted molar refractivity (Wildman–Crippen MR) is 68.8 cm³/mol. The molecule has 124 valence electrons. The Labute approximate surface area is 132 Å². The third kappa shape index (κ3) is 4.28. The number of hydroxylamine groups is 2. The molecule has 0 aliphatic carbocycles. The number of nitrogens with zero attached hydrogens (tertiary/aromatic N) is 1. The highest BCUT2D eigenvalue weighted by Gasteiger charge is 2.30. The van der Waals surface area contributed by atoms with E-state index >= 15 is 0 Å². The van der Waals surface area contributed by atoms with Crippen LogP contribution >= 0.6 is 23.2 Å². The van der Waals surface area contributed by atoms with Crippen LogP contribution in [0.1, 0.15) is 10.4 Å². The third-order valence-corrected chi connectivity index (χ3v) is 2.89. The van der Waals surface area contributed by atoms with Crippen molar-refractivity contribution in [1.29, 1.82) is 0 Å². The highest BCUT2D eigenvalue weighted by Crippen LogP contribution is 2.43. The van der Waals surface area contributed by atoms with E-state index in [2.05, 4.69) is 14.3 Å². The van der Waals surface area contributed by atoms with Gasteiger partial charge in [-0.05, 0) is 6.07 Å². The molecule has 1 aromatic rings. The number of halogens is 6. The Morgan fingerprint density at radius 3 is 1.82 bits per heavy atom. The fraction of sp³-hybridized carbons (Fsp3) is 0.364. The first-order chi connectivity index (χ1) is 10.2. The molecule has 0 spiro atoms. The normalized spacial score (nSPS) is 11.0.